The fourth-order valence-corrected chi connectivity index (χ4v) is 6.30. The highest BCUT2D eigenvalue weighted by Gasteiger charge is 2.53. The Kier molecular flexibility index (Phi) is 4.77. The second kappa shape index (κ2) is 6.96. The molecule has 4 fully saturated rings. The highest BCUT2D eigenvalue weighted by atomic mass is 16.2. The van der Waals surface area contributed by atoms with Gasteiger partial charge in [-0.15, -0.1) is 0 Å². The molecular weight excluding hydrogens is 336 g/mol. The maximum absolute atomic E-state index is 12.5. The van der Waals surface area contributed by atoms with Gasteiger partial charge in [0.1, 0.15) is 0 Å². The van der Waals surface area contributed by atoms with Crippen LogP contribution in [0, 0.1) is 37.0 Å². The van der Waals surface area contributed by atoms with Gasteiger partial charge in [-0.2, -0.15) is 0 Å². The van der Waals surface area contributed by atoms with Crippen molar-refractivity contribution < 1.29 is 9.59 Å². The Morgan fingerprint density at radius 1 is 1.04 bits per heavy atom. The Morgan fingerprint density at radius 3 is 2.19 bits per heavy atom. The Labute approximate surface area is 162 Å². The van der Waals surface area contributed by atoms with E-state index in [4.69, 9.17) is 0 Å². The van der Waals surface area contributed by atoms with E-state index in [0.717, 1.165) is 28.9 Å². The van der Waals surface area contributed by atoms with Gasteiger partial charge < -0.3 is 10.6 Å². The molecule has 146 valence electrons. The Hall–Kier alpha value is -1.84. The number of benzene rings is 1. The molecule has 0 aromatic heterocycles. The molecule has 4 aliphatic rings. The fraction of sp³-hybridized carbons (Fsp3) is 0.652. The summed E-state index contributed by atoms with van der Waals surface area (Å²) in [6.07, 6.45) is 8.05. The van der Waals surface area contributed by atoms with Crippen LogP contribution in [0.4, 0.5) is 0 Å². The maximum Gasteiger partial charge on any atom is 0.251 e. The van der Waals surface area contributed by atoms with Gasteiger partial charge in [-0.1, -0.05) is 6.07 Å². The number of carbonyl (C=O) groups excluding carboxylic acids is 2. The number of hydrogen-bond donors (Lipinski definition) is 2. The lowest BCUT2D eigenvalue weighted by molar-refractivity contribution is -0.124. The summed E-state index contributed by atoms with van der Waals surface area (Å²) < 4.78 is 0. The van der Waals surface area contributed by atoms with E-state index < -0.39 is 0 Å². The molecule has 2 amide bonds. The molecule has 4 aliphatic carbocycles. The average Bonchev–Trinajstić information content (AvgIpc) is 2.61. The summed E-state index contributed by atoms with van der Waals surface area (Å²) in [7, 11) is 0. The first kappa shape index (κ1) is 18.5. The van der Waals surface area contributed by atoms with Crippen LogP contribution in [0.25, 0.3) is 0 Å². The quantitative estimate of drug-likeness (QED) is 0.831. The summed E-state index contributed by atoms with van der Waals surface area (Å²) >= 11 is 0. The number of nitrogens with one attached hydrogen (secondary N) is 2. The van der Waals surface area contributed by atoms with Gasteiger partial charge in [-0.25, -0.2) is 0 Å². The molecule has 4 saturated carbocycles. The Morgan fingerprint density at radius 2 is 1.63 bits per heavy atom. The third kappa shape index (κ3) is 3.63. The lowest BCUT2D eigenvalue weighted by Crippen LogP contribution is -2.56. The average molecular weight is 369 g/mol. The summed E-state index contributed by atoms with van der Waals surface area (Å²) in [5.74, 6) is 2.37. The molecule has 5 rings (SSSR count). The zero-order valence-corrected chi connectivity index (χ0v) is 16.8. The van der Waals surface area contributed by atoms with E-state index >= 15 is 0 Å². The molecule has 0 heterocycles. The summed E-state index contributed by atoms with van der Waals surface area (Å²) in [6.45, 7) is 6.24. The van der Waals surface area contributed by atoms with E-state index in [2.05, 4.69) is 17.6 Å². The first-order chi connectivity index (χ1) is 12.8. The molecule has 27 heavy (non-hydrogen) atoms. The van der Waals surface area contributed by atoms with Crippen LogP contribution in [0.15, 0.2) is 18.2 Å². The third-order valence-electron chi connectivity index (χ3n) is 7.56. The largest absolute Gasteiger partial charge is 0.352 e. The van der Waals surface area contributed by atoms with Gasteiger partial charge in [0.15, 0.2) is 0 Å². The third-order valence-corrected chi connectivity index (χ3v) is 7.56. The van der Waals surface area contributed by atoms with Crippen LogP contribution < -0.4 is 10.6 Å². The number of rotatable bonds is 5. The lowest BCUT2D eigenvalue weighted by Gasteiger charge is -2.59. The van der Waals surface area contributed by atoms with E-state index in [9.17, 15) is 9.59 Å². The van der Waals surface area contributed by atoms with Gasteiger partial charge in [0, 0.05) is 11.6 Å². The number of carbonyl (C=O) groups is 2. The van der Waals surface area contributed by atoms with Crippen LogP contribution >= 0.6 is 0 Å². The molecule has 0 radical (unpaired) electrons. The van der Waals surface area contributed by atoms with Gasteiger partial charge in [0.25, 0.3) is 5.91 Å². The molecule has 1 aromatic rings. The Balaban J connectivity index is 1.31. The van der Waals surface area contributed by atoms with Crippen molar-refractivity contribution in [1.82, 2.24) is 10.6 Å². The minimum Gasteiger partial charge on any atom is -0.352 e. The smallest absolute Gasteiger partial charge is 0.251 e. The molecule has 4 heteroatoms. The summed E-state index contributed by atoms with van der Waals surface area (Å²) in [4.78, 5) is 24.8. The molecular formula is C23H32N2O2. The number of amides is 2. The molecule has 4 bridgehead atoms. The highest BCUT2D eigenvalue weighted by Crippen LogP contribution is 2.61. The van der Waals surface area contributed by atoms with Crippen molar-refractivity contribution in [3.63, 3.8) is 0 Å². The van der Waals surface area contributed by atoms with Crippen molar-refractivity contribution in [3.8, 4) is 0 Å². The van der Waals surface area contributed by atoms with Gasteiger partial charge in [0.05, 0.1) is 6.54 Å². The lowest BCUT2D eigenvalue weighted by atomic mass is 9.48. The normalized spacial score (nSPS) is 32.2. The molecule has 1 unspecified atom stereocenters. The molecule has 0 spiro atoms. The standard InChI is InChI=1S/C23H32N2O2/c1-14-4-5-20(6-15(14)2)22(27)24-13-21(26)25-16(3)23-10-17-7-18(11-23)9-19(8-17)12-23/h4-6,16-19H,7-13H2,1-3H3,(H,24,27)(H,25,26). The second-order valence-corrected chi connectivity index (χ2v) is 9.55. The summed E-state index contributed by atoms with van der Waals surface area (Å²) in [6, 6.07) is 5.82. The van der Waals surface area contributed by atoms with E-state index in [1.807, 2.05) is 32.0 Å². The predicted octanol–water partition coefficient (Wildman–Crippen LogP) is 3.75. The molecule has 2 N–H and O–H groups in total. The first-order valence-corrected chi connectivity index (χ1v) is 10.5. The van der Waals surface area contributed by atoms with Crippen LogP contribution in [0.3, 0.4) is 0 Å². The minimum atomic E-state index is -0.185. The van der Waals surface area contributed by atoms with Gasteiger partial charge >= 0.3 is 0 Å². The first-order valence-electron chi connectivity index (χ1n) is 10.5. The van der Waals surface area contributed by atoms with Crippen molar-refractivity contribution in [2.75, 3.05) is 6.54 Å². The molecule has 0 aliphatic heterocycles. The predicted molar refractivity (Wildman–Crippen MR) is 106 cm³/mol. The zero-order valence-electron chi connectivity index (χ0n) is 16.8. The van der Waals surface area contributed by atoms with Crippen molar-refractivity contribution in [1.29, 1.82) is 0 Å². The molecule has 1 atom stereocenters. The highest BCUT2D eigenvalue weighted by molar-refractivity contribution is 5.96. The van der Waals surface area contributed by atoms with Crippen LogP contribution in [-0.4, -0.2) is 24.4 Å². The van der Waals surface area contributed by atoms with Crippen molar-refractivity contribution in [2.45, 2.75) is 65.3 Å². The SMILES string of the molecule is Cc1ccc(C(=O)NCC(=O)NC(C)C23CC4CC(CC(C4)C2)C3)cc1C. The van der Waals surface area contributed by atoms with Gasteiger partial charge in [0.2, 0.25) is 5.91 Å². The van der Waals surface area contributed by atoms with Crippen LogP contribution in [0.1, 0.15) is 66.9 Å². The van der Waals surface area contributed by atoms with Crippen molar-refractivity contribution in [3.05, 3.63) is 34.9 Å². The zero-order chi connectivity index (χ0) is 19.2. The molecule has 1 aromatic carbocycles. The Bertz CT molecular complexity index is 719. The van der Waals surface area contributed by atoms with E-state index in [0.29, 0.717) is 11.0 Å². The number of aryl methyl sites for hydroxylation is 2. The summed E-state index contributed by atoms with van der Waals surface area (Å²) in [5.41, 5.74) is 3.15. The fourth-order valence-electron chi connectivity index (χ4n) is 6.30. The van der Waals surface area contributed by atoms with E-state index in [-0.39, 0.29) is 24.4 Å². The van der Waals surface area contributed by atoms with Gasteiger partial charge in [-0.05, 0) is 106 Å². The topological polar surface area (TPSA) is 58.2 Å². The maximum atomic E-state index is 12.5. The van der Waals surface area contributed by atoms with E-state index in [1.54, 1.807) is 0 Å². The van der Waals surface area contributed by atoms with E-state index in [1.165, 1.54) is 38.5 Å². The monoisotopic (exact) mass is 368 g/mol. The second-order valence-electron chi connectivity index (χ2n) is 9.55. The van der Waals surface area contributed by atoms with Gasteiger partial charge in [-0.3, -0.25) is 9.59 Å². The summed E-state index contributed by atoms with van der Waals surface area (Å²) in [5, 5.41) is 5.98. The number of hydrogen-bond acceptors (Lipinski definition) is 2. The van der Waals surface area contributed by atoms with Crippen molar-refractivity contribution in [2.24, 2.45) is 23.2 Å². The van der Waals surface area contributed by atoms with Crippen LogP contribution in [-0.2, 0) is 4.79 Å². The van der Waals surface area contributed by atoms with Crippen molar-refractivity contribution >= 4 is 11.8 Å². The van der Waals surface area contributed by atoms with Crippen LogP contribution in [0.5, 0.6) is 0 Å². The molecule has 0 saturated heterocycles. The minimum absolute atomic E-state index is 0.0441. The van der Waals surface area contributed by atoms with Crippen LogP contribution in [0.2, 0.25) is 0 Å². The molecule has 4 nitrogen and oxygen atoms in total.